The number of nitrogens with zero attached hydrogens (tertiary/aromatic N) is 3. The highest BCUT2D eigenvalue weighted by Crippen LogP contribution is 2.06. The van der Waals surface area contributed by atoms with Gasteiger partial charge in [0.25, 0.3) is 0 Å². The molecule has 0 saturated carbocycles. The van der Waals surface area contributed by atoms with E-state index in [0.717, 1.165) is 0 Å². The third-order valence-electron chi connectivity index (χ3n) is 1.48. The third-order valence-corrected chi connectivity index (χ3v) is 1.48. The van der Waals surface area contributed by atoms with Crippen LogP contribution in [-0.4, -0.2) is 14.8 Å². The Balaban J connectivity index is 2.51. The van der Waals surface area contributed by atoms with Crippen molar-refractivity contribution in [2.75, 3.05) is 5.73 Å². The van der Waals surface area contributed by atoms with Crippen molar-refractivity contribution in [2.24, 2.45) is 0 Å². The second-order valence-corrected chi connectivity index (χ2v) is 2.28. The molecule has 0 aliphatic rings. The fourth-order valence-electron chi connectivity index (χ4n) is 0.937. The zero-order chi connectivity index (χ0) is 8.39. The van der Waals surface area contributed by atoms with E-state index in [0.29, 0.717) is 11.6 Å². The quantitative estimate of drug-likeness (QED) is 0.664. The van der Waals surface area contributed by atoms with Crippen LogP contribution in [0.4, 0.5) is 5.82 Å². The average molecular weight is 159 g/mol. The maximum absolute atomic E-state index is 5.62. The van der Waals surface area contributed by atoms with E-state index in [2.05, 4.69) is 16.1 Å². The maximum Gasteiger partial charge on any atom is 0.156 e. The van der Waals surface area contributed by atoms with Crippen LogP contribution in [0.15, 0.2) is 30.6 Å². The van der Waals surface area contributed by atoms with Gasteiger partial charge in [-0.25, -0.2) is 4.98 Å². The Morgan fingerprint density at radius 2 is 2.33 bits per heavy atom. The van der Waals surface area contributed by atoms with Gasteiger partial charge >= 0.3 is 0 Å². The molecule has 0 bridgehead atoms. The summed E-state index contributed by atoms with van der Waals surface area (Å²) in [5, 5.41) is 4.00. The van der Waals surface area contributed by atoms with Crippen molar-refractivity contribution in [1.29, 1.82) is 0 Å². The summed E-state index contributed by atoms with van der Waals surface area (Å²) in [4.78, 5) is 4.07. The van der Waals surface area contributed by atoms with Crippen LogP contribution in [0, 0.1) is 6.07 Å². The molecule has 0 saturated heterocycles. The van der Waals surface area contributed by atoms with Crippen molar-refractivity contribution in [2.45, 2.75) is 0 Å². The van der Waals surface area contributed by atoms with Gasteiger partial charge in [0.2, 0.25) is 0 Å². The summed E-state index contributed by atoms with van der Waals surface area (Å²) < 4.78 is 1.55. The smallest absolute Gasteiger partial charge is 0.156 e. The highest BCUT2D eigenvalue weighted by atomic mass is 15.3. The molecule has 2 aromatic rings. The van der Waals surface area contributed by atoms with Crippen molar-refractivity contribution in [1.82, 2.24) is 14.8 Å². The van der Waals surface area contributed by atoms with Crippen LogP contribution in [0.2, 0.25) is 0 Å². The molecule has 59 valence electrons. The molecule has 4 heteroatoms. The van der Waals surface area contributed by atoms with Gasteiger partial charge in [-0.15, -0.1) is 0 Å². The molecular weight excluding hydrogens is 152 g/mol. The summed E-state index contributed by atoms with van der Waals surface area (Å²) in [6.07, 6.45) is 3.28. The van der Waals surface area contributed by atoms with Crippen molar-refractivity contribution in [3.8, 4) is 5.82 Å². The molecule has 0 fully saturated rings. The summed E-state index contributed by atoms with van der Waals surface area (Å²) in [6.45, 7) is 0. The molecule has 2 rings (SSSR count). The van der Waals surface area contributed by atoms with Crippen LogP contribution >= 0.6 is 0 Å². The Kier molecular flexibility index (Phi) is 1.51. The number of rotatable bonds is 1. The summed E-state index contributed by atoms with van der Waals surface area (Å²) in [5.41, 5.74) is 5.62. The predicted molar refractivity (Wildman–Crippen MR) is 44.6 cm³/mol. The van der Waals surface area contributed by atoms with E-state index in [4.69, 9.17) is 5.73 Å². The Morgan fingerprint density at radius 3 is 2.92 bits per heavy atom. The van der Waals surface area contributed by atoms with Gasteiger partial charge in [0, 0.05) is 12.3 Å². The summed E-state index contributed by atoms with van der Waals surface area (Å²) in [7, 11) is 0. The fraction of sp³-hybridized carbons (Fsp3) is 0. The van der Waals surface area contributed by atoms with Gasteiger partial charge in [0.15, 0.2) is 5.82 Å². The molecule has 0 atom stereocenters. The molecule has 12 heavy (non-hydrogen) atoms. The second-order valence-electron chi connectivity index (χ2n) is 2.28. The minimum Gasteiger partial charge on any atom is -0.384 e. The Labute approximate surface area is 69.7 Å². The van der Waals surface area contributed by atoms with E-state index in [1.54, 1.807) is 35.3 Å². The maximum atomic E-state index is 5.62. The highest BCUT2D eigenvalue weighted by Gasteiger charge is 1.99. The van der Waals surface area contributed by atoms with E-state index < -0.39 is 0 Å². The number of hydrogen-bond acceptors (Lipinski definition) is 3. The number of pyridine rings is 1. The zero-order valence-corrected chi connectivity index (χ0v) is 6.31. The Morgan fingerprint density at radius 1 is 1.42 bits per heavy atom. The van der Waals surface area contributed by atoms with E-state index >= 15 is 0 Å². The van der Waals surface area contributed by atoms with Gasteiger partial charge in [0.1, 0.15) is 5.82 Å². The molecule has 2 aromatic heterocycles. The van der Waals surface area contributed by atoms with Crippen LogP contribution in [0.3, 0.4) is 0 Å². The first-order valence-corrected chi connectivity index (χ1v) is 3.50. The van der Waals surface area contributed by atoms with E-state index in [-0.39, 0.29) is 0 Å². The van der Waals surface area contributed by atoms with Gasteiger partial charge in [-0.05, 0) is 18.2 Å². The molecule has 0 amide bonds. The number of hydrogen-bond donors (Lipinski definition) is 1. The first-order valence-electron chi connectivity index (χ1n) is 3.50. The van der Waals surface area contributed by atoms with Crippen LogP contribution in [0.25, 0.3) is 5.82 Å². The standard InChI is InChI=1S/C8H7N4/c9-7-4-6-11-12(7)8-3-1-2-5-10-8/h2-6H,9H2. The molecule has 0 aliphatic heterocycles. The van der Waals surface area contributed by atoms with Gasteiger partial charge in [0.05, 0.1) is 6.20 Å². The van der Waals surface area contributed by atoms with Gasteiger partial charge < -0.3 is 5.73 Å². The lowest BCUT2D eigenvalue weighted by Crippen LogP contribution is -2.02. The molecule has 1 radical (unpaired) electrons. The number of aromatic nitrogens is 3. The summed E-state index contributed by atoms with van der Waals surface area (Å²) in [5.74, 6) is 1.25. The first-order chi connectivity index (χ1) is 5.88. The number of anilines is 1. The molecule has 2 N–H and O–H groups in total. The molecule has 0 aliphatic carbocycles. The monoisotopic (exact) mass is 159 g/mol. The van der Waals surface area contributed by atoms with Crippen molar-refractivity contribution >= 4 is 5.82 Å². The SMILES string of the molecule is Nc1ccnn1-c1c[c]ccn1. The Hall–Kier alpha value is -1.84. The summed E-state index contributed by atoms with van der Waals surface area (Å²) in [6, 6.07) is 8.07. The lowest BCUT2D eigenvalue weighted by Gasteiger charge is -2.00. The normalized spacial score (nSPS) is 10.0. The average Bonchev–Trinajstić information content (AvgIpc) is 2.53. The van der Waals surface area contributed by atoms with Crippen LogP contribution < -0.4 is 5.73 Å². The lowest BCUT2D eigenvalue weighted by molar-refractivity contribution is 0.857. The lowest BCUT2D eigenvalue weighted by atomic mass is 10.5. The minimum atomic E-state index is 0.571. The molecule has 4 nitrogen and oxygen atoms in total. The van der Waals surface area contributed by atoms with E-state index in [1.807, 2.05) is 0 Å². The van der Waals surface area contributed by atoms with E-state index in [1.165, 1.54) is 0 Å². The van der Waals surface area contributed by atoms with Crippen molar-refractivity contribution < 1.29 is 0 Å². The zero-order valence-electron chi connectivity index (χ0n) is 6.31. The molecule has 0 spiro atoms. The predicted octanol–water partition coefficient (Wildman–Crippen LogP) is 0.650. The van der Waals surface area contributed by atoms with Gasteiger partial charge in [-0.3, -0.25) is 0 Å². The Bertz CT molecular complexity index is 366. The first kappa shape index (κ1) is 6.84. The van der Waals surface area contributed by atoms with Crippen LogP contribution in [-0.2, 0) is 0 Å². The van der Waals surface area contributed by atoms with Gasteiger partial charge in [-0.1, -0.05) is 0 Å². The number of nitrogens with two attached hydrogens (primary N) is 1. The molecule has 0 aromatic carbocycles. The fourth-order valence-corrected chi connectivity index (χ4v) is 0.937. The highest BCUT2D eigenvalue weighted by molar-refractivity contribution is 5.35. The molecule has 2 heterocycles. The molecule has 0 unspecified atom stereocenters. The van der Waals surface area contributed by atoms with E-state index in [9.17, 15) is 0 Å². The number of nitrogen functional groups attached to an aromatic ring is 1. The second kappa shape index (κ2) is 2.65. The summed E-state index contributed by atoms with van der Waals surface area (Å²) >= 11 is 0. The molecular formula is C8H7N4. The topological polar surface area (TPSA) is 56.7 Å². The van der Waals surface area contributed by atoms with Crippen LogP contribution in [0.1, 0.15) is 0 Å². The third kappa shape index (κ3) is 1.03. The van der Waals surface area contributed by atoms with Crippen molar-refractivity contribution in [3.63, 3.8) is 0 Å². The largest absolute Gasteiger partial charge is 0.384 e. The van der Waals surface area contributed by atoms with Gasteiger partial charge in [-0.2, -0.15) is 9.78 Å². The van der Waals surface area contributed by atoms with Crippen molar-refractivity contribution in [3.05, 3.63) is 36.7 Å². The van der Waals surface area contributed by atoms with Crippen LogP contribution in [0.5, 0.6) is 0 Å². The minimum absolute atomic E-state index is 0.571.